The average molecular weight is 493 g/mol. The number of methoxy groups -OCH3 is 1. The lowest BCUT2D eigenvalue weighted by atomic mass is 10.2. The van der Waals surface area contributed by atoms with Crippen LogP contribution in [-0.2, 0) is 16.6 Å². The molecule has 0 aliphatic rings. The Bertz CT molecular complexity index is 1390. The molecule has 4 aromatic rings. The van der Waals surface area contributed by atoms with Gasteiger partial charge in [-0.15, -0.1) is 0 Å². The van der Waals surface area contributed by atoms with Crippen LogP contribution in [0.25, 0.3) is 0 Å². The minimum Gasteiger partial charge on any atom is -0.495 e. The molecule has 0 saturated carbocycles. The van der Waals surface area contributed by atoms with E-state index < -0.39 is 15.9 Å². The zero-order chi connectivity index (χ0) is 24.7. The fourth-order valence-corrected chi connectivity index (χ4v) is 4.36. The van der Waals surface area contributed by atoms with Crippen LogP contribution >= 0.6 is 0 Å². The third kappa shape index (κ3) is 5.98. The highest BCUT2D eigenvalue weighted by Crippen LogP contribution is 2.27. The number of hydrogen-bond donors (Lipinski definition) is 2. The molecule has 0 spiro atoms. The van der Waals surface area contributed by atoms with Gasteiger partial charge in [-0.25, -0.2) is 13.4 Å². The molecule has 9 nitrogen and oxygen atoms in total. The maximum Gasteiger partial charge on any atom is 0.262 e. The van der Waals surface area contributed by atoms with Crippen LogP contribution in [0, 0.1) is 0 Å². The van der Waals surface area contributed by atoms with Crippen LogP contribution < -0.4 is 19.5 Å². The highest BCUT2D eigenvalue weighted by molar-refractivity contribution is 7.92. The average Bonchev–Trinajstić information content (AvgIpc) is 3.39. The lowest BCUT2D eigenvalue weighted by Gasteiger charge is -2.13. The molecular formula is C25H24N4O5S. The fourth-order valence-electron chi connectivity index (χ4n) is 3.29. The molecule has 0 atom stereocenters. The Morgan fingerprint density at radius 2 is 1.63 bits per heavy atom. The van der Waals surface area contributed by atoms with E-state index in [0.29, 0.717) is 41.6 Å². The molecule has 1 aromatic heterocycles. The van der Waals surface area contributed by atoms with Gasteiger partial charge in [0.1, 0.15) is 18.1 Å². The van der Waals surface area contributed by atoms with Crippen LogP contribution in [-0.4, -0.2) is 37.6 Å². The fraction of sp³-hybridized carbons (Fsp3) is 0.120. The SMILES string of the molecule is COc1ccccc1NS(=O)(=O)c1ccc(C(=O)Nc2ccccc2OCCn2ccnc2)cc1. The summed E-state index contributed by atoms with van der Waals surface area (Å²) >= 11 is 0. The Hall–Kier alpha value is -4.31. The predicted molar refractivity (Wildman–Crippen MR) is 132 cm³/mol. The molecule has 0 bridgehead atoms. The van der Waals surface area contributed by atoms with Crippen LogP contribution in [0.15, 0.2) is 96.4 Å². The second kappa shape index (κ2) is 10.7. The maximum absolute atomic E-state index is 12.8. The Balaban J connectivity index is 1.42. The minimum atomic E-state index is -3.87. The first-order valence-electron chi connectivity index (χ1n) is 10.7. The molecule has 4 rings (SSSR count). The third-order valence-electron chi connectivity index (χ3n) is 5.08. The van der Waals surface area contributed by atoms with Gasteiger partial charge in [-0.3, -0.25) is 9.52 Å². The highest BCUT2D eigenvalue weighted by Gasteiger charge is 2.17. The summed E-state index contributed by atoms with van der Waals surface area (Å²) in [6.07, 6.45) is 5.23. The molecule has 0 aliphatic heterocycles. The molecule has 0 saturated heterocycles. The summed E-state index contributed by atoms with van der Waals surface area (Å²) in [5.74, 6) is 0.538. The van der Waals surface area contributed by atoms with Crippen molar-refractivity contribution in [2.75, 3.05) is 23.8 Å². The van der Waals surface area contributed by atoms with Crippen LogP contribution in [0.4, 0.5) is 11.4 Å². The van der Waals surface area contributed by atoms with Crippen molar-refractivity contribution in [3.8, 4) is 11.5 Å². The lowest BCUT2D eigenvalue weighted by Crippen LogP contribution is -2.16. The number of ether oxygens (including phenoxy) is 2. The molecule has 35 heavy (non-hydrogen) atoms. The van der Waals surface area contributed by atoms with Crippen molar-refractivity contribution in [1.29, 1.82) is 0 Å². The first-order chi connectivity index (χ1) is 17.0. The van der Waals surface area contributed by atoms with Crippen molar-refractivity contribution in [2.24, 2.45) is 0 Å². The normalized spacial score (nSPS) is 11.0. The van der Waals surface area contributed by atoms with Crippen molar-refractivity contribution in [2.45, 2.75) is 11.4 Å². The number of amides is 1. The minimum absolute atomic E-state index is 0.0168. The summed E-state index contributed by atoms with van der Waals surface area (Å²) in [6, 6.07) is 19.5. The number of nitrogens with one attached hydrogen (secondary N) is 2. The van der Waals surface area contributed by atoms with Gasteiger partial charge >= 0.3 is 0 Å². The third-order valence-corrected chi connectivity index (χ3v) is 6.46. The van der Waals surface area contributed by atoms with E-state index in [-0.39, 0.29) is 4.90 Å². The summed E-state index contributed by atoms with van der Waals surface area (Å²) in [5.41, 5.74) is 1.13. The standard InChI is InChI=1S/C25H24N4O5S/c1-33-23-8-4-3-7-22(23)28-35(31,32)20-12-10-19(11-13-20)25(30)27-21-6-2-5-9-24(21)34-17-16-29-15-14-26-18-29/h2-15,18,28H,16-17H2,1H3,(H,27,30). The van der Waals surface area contributed by atoms with Crippen molar-refractivity contribution in [3.05, 3.63) is 97.1 Å². The van der Waals surface area contributed by atoms with E-state index in [2.05, 4.69) is 15.0 Å². The Morgan fingerprint density at radius 3 is 2.31 bits per heavy atom. The number of anilines is 2. The highest BCUT2D eigenvalue weighted by atomic mass is 32.2. The Kier molecular flexibility index (Phi) is 7.32. The number of sulfonamides is 1. The van der Waals surface area contributed by atoms with E-state index in [4.69, 9.17) is 9.47 Å². The predicted octanol–water partition coefficient (Wildman–Crippen LogP) is 4.02. The molecule has 180 valence electrons. The summed E-state index contributed by atoms with van der Waals surface area (Å²) < 4.78 is 41.0. The summed E-state index contributed by atoms with van der Waals surface area (Å²) in [7, 11) is -2.41. The Labute approximate surface area is 203 Å². The number of hydrogen-bond acceptors (Lipinski definition) is 6. The summed E-state index contributed by atoms with van der Waals surface area (Å²) in [4.78, 5) is 16.8. The molecule has 0 aliphatic carbocycles. The lowest BCUT2D eigenvalue weighted by molar-refractivity contribution is 0.102. The number of imidazole rings is 1. The van der Waals surface area contributed by atoms with E-state index in [9.17, 15) is 13.2 Å². The van der Waals surface area contributed by atoms with Gasteiger partial charge in [0, 0.05) is 18.0 Å². The number of benzene rings is 3. The molecule has 10 heteroatoms. The van der Waals surface area contributed by atoms with Gasteiger partial charge in [0.15, 0.2) is 0 Å². The molecular weight excluding hydrogens is 468 g/mol. The second-order valence-electron chi connectivity index (χ2n) is 7.43. The van der Waals surface area contributed by atoms with Gasteiger partial charge in [0.2, 0.25) is 0 Å². The topological polar surface area (TPSA) is 112 Å². The number of nitrogens with zero attached hydrogens (tertiary/aromatic N) is 2. The molecule has 2 N–H and O–H groups in total. The van der Waals surface area contributed by atoms with Gasteiger partial charge in [-0.05, 0) is 48.5 Å². The first-order valence-corrected chi connectivity index (χ1v) is 12.2. The Morgan fingerprint density at radius 1 is 0.943 bits per heavy atom. The van der Waals surface area contributed by atoms with Crippen LogP contribution in [0.1, 0.15) is 10.4 Å². The van der Waals surface area contributed by atoms with E-state index in [0.717, 1.165) is 0 Å². The smallest absolute Gasteiger partial charge is 0.262 e. The molecule has 3 aromatic carbocycles. The van der Waals surface area contributed by atoms with E-state index >= 15 is 0 Å². The van der Waals surface area contributed by atoms with Gasteiger partial charge in [-0.1, -0.05) is 24.3 Å². The van der Waals surface area contributed by atoms with Gasteiger partial charge < -0.3 is 19.4 Å². The van der Waals surface area contributed by atoms with Crippen molar-refractivity contribution >= 4 is 27.3 Å². The second-order valence-corrected chi connectivity index (χ2v) is 9.11. The van der Waals surface area contributed by atoms with E-state index in [1.807, 2.05) is 16.8 Å². The first kappa shape index (κ1) is 23.8. The number of carbonyl (C=O) groups excluding carboxylic acids is 1. The summed E-state index contributed by atoms with van der Waals surface area (Å²) in [6.45, 7) is 1.01. The number of carbonyl (C=O) groups is 1. The quantitative estimate of drug-likeness (QED) is 0.346. The van der Waals surface area contributed by atoms with Crippen LogP contribution in [0.3, 0.4) is 0 Å². The summed E-state index contributed by atoms with van der Waals surface area (Å²) in [5, 5.41) is 2.82. The molecule has 1 amide bonds. The van der Waals surface area contributed by atoms with Crippen LogP contribution in [0.2, 0.25) is 0 Å². The molecule has 0 unspecified atom stereocenters. The van der Waals surface area contributed by atoms with E-state index in [1.165, 1.54) is 31.4 Å². The monoisotopic (exact) mass is 492 g/mol. The van der Waals surface area contributed by atoms with Gasteiger partial charge in [0.05, 0.1) is 36.3 Å². The number of rotatable bonds is 10. The maximum atomic E-state index is 12.8. The zero-order valence-electron chi connectivity index (χ0n) is 18.9. The van der Waals surface area contributed by atoms with Gasteiger partial charge in [-0.2, -0.15) is 0 Å². The van der Waals surface area contributed by atoms with Crippen molar-refractivity contribution < 1.29 is 22.7 Å². The zero-order valence-corrected chi connectivity index (χ0v) is 19.7. The molecule has 0 radical (unpaired) electrons. The van der Waals surface area contributed by atoms with Crippen molar-refractivity contribution in [1.82, 2.24) is 9.55 Å². The molecule has 1 heterocycles. The van der Waals surface area contributed by atoms with Crippen molar-refractivity contribution in [3.63, 3.8) is 0 Å². The van der Waals surface area contributed by atoms with Gasteiger partial charge in [0.25, 0.3) is 15.9 Å². The largest absolute Gasteiger partial charge is 0.495 e. The van der Waals surface area contributed by atoms with E-state index in [1.54, 1.807) is 55.0 Å². The van der Waals surface area contributed by atoms with Crippen LogP contribution in [0.5, 0.6) is 11.5 Å². The molecule has 0 fully saturated rings. The number of aromatic nitrogens is 2. The number of para-hydroxylation sites is 4.